The first-order valence-electron chi connectivity index (χ1n) is 7.13. The number of anilines is 1. The number of amides is 1. The first-order chi connectivity index (χ1) is 9.65. The van der Waals surface area contributed by atoms with Crippen molar-refractivity contribution in [3.8, 4) is 0 Å². The molecule has 0 radical (unpaired) electrons. The molecule has 1 saturated carbocycles. The van der Waals surface area contributed by atoms with Gasteiger partial charge in [0.2, 0.25) is 5.91 Å². The summed E-state index contributed by atoms with van der Waals surface area (Å²) in [5.74, 6) is -0.0485. The molecule has 0 bridgehead atoms. The molecule has 0 heterocycles. The molecule has 2 rings (SSSR count). The van der Waals surface area contributed by atoms with Crippen molar-refractivity contribution < 1.29 is 4.79 Å². The Bertz CT molecular complexity index is 457. The van der Waals surface area contributed by atoms with Gasteiger partial charge in [-0.2, -0.15) is 0 Å². The molecule has 0 atom stereocenters. The standard InChI is InChI=1S/C15H20Cl2N2O/c16-13-8-7-12(9-14(13)17)19-15(20)10-18-11-5-3-1-2-4-6-11/h7-9,11,18H,1-6,10H2,(H,19,20). The van der Waals surface area contributed by atoms with E-state index in [0.717, 1.165) is 0 Å². The second kappa shape index (κ2) is 7.87. The van der Waals surface area contributed by atoms with Crippen LogP contribution in [-0.4, -0.2) is 18.5 Å². The van der Waals surface area contributed by atoms with Crippen molar-refractivity contribution in [3.05, 3.63) is 28.2 Å². The number of nitrogens with one attached hydrogen (secondary N) is 2. The summed E-state index contributed by atoms with van der Waals surface area (Å²) in [6.45, 7) is 0.338. The Morgan fingerprint density at radius 2 is 1.80 bits per heavy atom. The van der Waals surface area contributed by atoms with Crippen molar-refractivity contribution in [2.45, 2.75) is 44.6 Å². The van der Waals surface area contributed by atoms with E-state index in [-0.39, 0.29) is 5.91 Å². The van der Waals surface area contributed by atoms with E-state index in [2.05, 4.69) is 10.6 Å². The van der Waals surface area contributed by atoms with E-state index in [1.807, 2.05) is 0 Å². The number of halogens is 2. The van der Waals surface area contributed by atoms with Gasteiger partial charge in [0.25, 0.3) is 0 Å². The maximum Gasteiger partial charge on any atom is 0.238 e. The SMILES string of the molecule is O=C(CNC1CCCCCC1)Nc1ccc(Cl)c(Cl)c1. The molecule has 1 aromatic carbocycles. The van der Waals surface area contributed by atoms with Crippen molar-refractivity contribution in [1.82, 2.24) is 5.32 Å². The van der Waals surface area contributed by atoms with Crippen molar-refractivity contribution in [2.24, 2.45) is 0 Å². The van der Waals surface area contributed by atoms with E-state index in [9.17, 15) is 4.79 Å². The molecule has 20 heavy (non-hydrogen) atoms. The monoisotopic (exact) mass is 314 g/mol. The van der Waals surface area contributed by atoms with Crippen LogP contribution in [0.25, 0.3) is 0 Å². The van der Waals surface area contributed by atoms with E-state index in [0.29, 0.717) is 28.3 Å². The minimum atomic E-state index is -0.0485. The molecule has 110 valence electrons. The van der Waals surface area contributed by atoms with Crippen molar-refractivity contribution in [1.29, 1.82) is 0 Å². The summed E-state index contributed by atoms with van der Waals surface area (Å²) in [6.07, 6.45) is 7.47. The number of carbonyl (C=O) groups is 1. The lowest BCUT2D eigenvalue weighted by atomic mass is 10.1. The Labute approximate surface area is 130 Å². The fraction of sp³-hybridized carbons (Fsp3) is 0.533. The third-order valence-corrected chi connectivity index (χ3v) is 4.35. The number of hydrogen-bond acceptors (Lipinski definition) is 2. The molecular formula is C15H20Cl2N2O. The summed E-state index contributed by atoms with van der Waals surface area (Å²) >= 11 is 11.8. The van der Waals surface area contributed by atoms with Gasteiger partial charge >= 0.3 is 0 Å². The van der Waals surface area contributed by atoms with Crippen LogP contribution in [0.4, 0.5) is 5.69 Å². The molecule has 0 spiro atoms. The van der Waals surface area contributed by atoms with E-state index < -0.39 is 0 Å². The normalized spacial score (nSPS) is 16.7. The molecular weight excluding hydrogens is 295 g/mol. The summed E-state index contributed by atoms with van der Waals surface area (Å²) in [4.78, 5) is 11.9. The van der Waals surface area contributed by atoms with Gasteiger partial charge in [0.1, 0.15) is 0 Å². The van der Waals surface area contributed by atoms with Gasteiger partial charge in [-0.15, -0.1) is 0 Å². The fourth-order valence-electron chi connectivity index (χ4n) is 2.50. The zero-order valence-electron chi connectivity index (χ0n) is 11.4. The van der Waals surface area contributed by atoms with E-state index in [4.69, 9.17) is 23.2 Å². The molecule has 1 aliphatic carbocycles. The lowest BCUT2D eigenvalue weighted by Crippen LogP contribution is -2.35. The van der Waals surface area contributed by atoms with Gasteiger partial charge in [-0.3, -0.25) is 4.79 Å². The van der Waals surface area contributed by atoms with Gasteiger partial charge in [-0.05, 0) is 31.0 Å². The molecule has 2 N–H and O–H groups in total. The minimum Gasteiger partial charge on any atom is -0.325 e. The predicted molar refractivity (Wildman–Crippen MR) is 84.6 cm³/mol. The van der Waals surface area contributed by atoms with Gasteiger partial charge in [-0.25, -0.2) is 0 Å². The van der Waals surface area contributed by atoms with E-state index >= 15 is 0 Å². The average molecular weight is 315 g/mol. The second-order valence-electron chi connectivity index (χ2n) is 5.25. The molecule has 3 nitrogen and oxygen atoms in total. The Morgan fingerprint density at radius 1 is 1.10 bits per heavy atom. The number of carbonyl (C=O) groups excluding carboxylic acids is 1. The average Bonchev–Trinajstić information content (AvgIpc) is 2.69. The molecule has 0 aromatic heterocycles. The molecule has 1 fully saturated rings. The Balaban J connectivity index is 1.78. The van der Waals surface area contributed by atoms with Gasteiger partial charge in [0, 0.05) is 11.7 Å². The lowest BCUT2D eigenvalue weighted by Gasteiger charge is -2.16. The summed E-state index contributed by atoms with van der Waals surface area (Å²) in [6, 6.07) is 5.56. The van der Waals surface area contributed by atoms with Crippen LogP contribution in [0.3, 0.4) is 0 Å². The summed E-state index contributed by atoms with van der Waals surface area (Å²) in [5, 5.41) is 7.09. The first-order valence-corrected chi connectivity index (χ1v) is 7.89. The lowest BCUT2D eigenvalue weighted by molar-refractivity contribution is -0.115. The molecule has 0 saturated heterocycles. The highest BCUT2D eigenvalue weighted by Crippen LogP contribution is 2.24. The second-order valence-corrected chi connectivity index (χ2v) is 6.06. The molecule has 0 unspecified atom stereocenters. The van der Waals surface area contributed by atoms with Gasteiger partial charge in [-0.1, -0.05) is 48.9 Å². The maximum absolute atomic E-state index is 11.9. The molecule has 5 heteroatoms. The van der Waals surface area contributed by atoms with Crippen molar-refractivity contribution in [2.75, 3.05) is 11.9 Å². The van der Waals surface area contributed by atoms with Crippen LogP contribution >= 0.6 is 23.2 Å². The maximum atomic E-state index is 11.9. The fourth-order valence-corrected chi connectivity index (χ4v) is 2.80. The number of hydrogen-bond donors (Lipinski definition) is 2. The third-order valence-electron chi connectivity index (χ3n) is 3.61. The summed E-state index contributed by atoms with van der Waals surface area (Å²) in [5.41, 5.74) is 0.673. The van der Waals surface area contributed by atoms with Crippen LogP contribution < -0.4 is 10.6 Å². The summed E-state index contributed by atoms with van der Waals surface area (Å²) in [7, 11) is 0. The van der Waals surface area contributed by atoms with Crippen LogP contribution in [0.2, 0.25) is 10.0 Å². The van der Waals surface area contributed by atoms with Crippen LogP contribution in [-0.2, 0) is 4.79 Å². The topological polar surface area (TPSA) is 41.1 Å². The largest absolute Gasteiger partial charge is 0.325 e. The van der Waals surface area contributed by atoms with Crippen molar-refractivity contribution in [3.63, 3.8) is 0 Å². The summed E-state index contributed by atoms with van der Waals surface area (Å²) < 4.78 is 0. The molecule has 0 aliphatic heterocycles. The minimum absolute atomic E-state index is 0.0485. The Kier molecular flexibility index (Phi) is 6.14. The number of rotatable bonds is 4. The van der Waals surface area contributed by atoms with Gasteiger partial charge in [0.15, 0.2) is 0 Å². The highest BCUT2D eigenvalue weighted by atomic mass is 35.5. The van der Waals surface area contributed by atoms with Gasteiger partial charge < -0.3 is 10.6 Å². The Morgan fingerprint density at radius 3 is 2.45 bits per heavy atom. The third kappa shape index (κ3) is 4.97. The van der Waals surface area contributed by atoms with Crippen LogP contribution in [0.5, 0.6) is 0 Å². The van der Waals surface area contributed by atoms with Crippen molar-refractivity contribution >= 4 is 34.8 Å². The highest BCUT2D eigenvalue weighted by Gasteiger charge is 2.13. The quantitative estimate of drug-likeness (QED) is 0.816. The highest BCUT2D eigenvalue weighted by molar-refractivity contribution is 6.42. The van der Waals surface area contributed by atoms with Crippen LogP contribution in [0.1, 0.15) is 38.5 Å². The molecule has 1 aliphatic rings. The van der Waals surface area contributed by atoms with Crippen LogP contribution in [0.15, 0.2) is 18.2 Å². The zero-order valence-corrected chi connectivity index (χ0v) is 12.9. The smallest absolute Gasteiger partial charge is 0.238 e. The number of benzene rings is 1. The van der Waals surface area contributed by atoms with Crippen LogP contribution in [0, 0.1) is 0 Å². The Hall–Kier alpha value is -0.770. The van der Waals surface area contributed by atoms with E-state index in [1.165, 1.54) is 38.5 Å². The zero-order chi connectivity index (χ0) is 14.4. The first kappa shape index (κ1) is 15.6. The van der Waals surface area contributed by atoms with E-state index in [1.54, 1.807) is 18.2 Å². The molecule has 1 amide bonds. The van der Waals surface area contributed by atoms with Gasteiger partial charge in [0.05, 0.1) is 16.6 Å². The molecule has 1 aromatic rings. The predicted octanol–water partition coefficient (Wildman–Crippen LogP) is 4.24.